The lowest BCUT2D eigenvalue weighted by atomic mass is 10.0. The van der Waals surface area contributed by atoms with Crippen molar-refractivity contribution in [3.63, 3.8) is 0 Å². The summed E-state index contributed by atoms with van der Waals surface area (Å²) < 4.78 is 11.1. The Morgan fingerprint density at radius 3 is 1.32 bits per heavy atom. The summed E-state index contributed by atoms with van der Waals surface area (Å²) in [7, 11) is 3.07. The van der Waals surface area contributed by atoms with E-state index in [1.165, 1.54) is 26.4 Å². The van der Waals surface area contributed by atoms with Gasteiger partial charge < -0.3 is 20.1 Å². The van der Waals surface area contributed by atoms with Crippen LogP contribution in [0.5, 0.6) is 11.5 Å². The van der Waals surface area contributed by atoms with Crippen molar-refractivity contribution in [1.29, 1.82) is 0 Å². The van der Waals surface area contributed by atoms with Crippen LogP contribution in [0, 0.1) is 0 Å². The third-order valence-electron chi connectivity index (χ3n) is 5.85. The van der Waals surface area contributed by atoms with Gasteiger partial charge in [0, 0.05) is 22.2 Å². The zero-order valence-corrected chi connectivity index (χ0v) is 23.3. The van der Waals surface area contributed by atoms with Gasteiger partial charge >= 0.3 is 0 Å². The first-order chi connectivity index (χ1) is 19.3. The minimum absolute atomic E-state index is 0.298. The van der Waals surface area contributed by atoms with Crippen LogP contribution in [0.1, 0.15) is 11.1 Å². The highest BCUT2D eigenvalue weighted by Crippen LogP contribution is 2.35. The van der Waals surface area contributed by atoms with Crippen molar-refractivity contribution < 1.29 is 19.1 Å². The van der Waals surface area contributed by atoms with Crippen molar-refractivity contribution in [2.75, 3.05) is 24.9 Å². The number of halogens is 2. The molecular formula is C32H26Cl2N2O4. The molecule has 0 aromatic heterocycles. The van der Waals surface area contributed by atoms with Gasteiger partial charge in [0.05, 0.1) is 25.6 Å². The zero-order valence-electron chi connectivity index (χ0n) is 21.8. The average Bonchev–Trinajstić information content (AvgIpc) is 2.97. The van der Waals surface area contributed by atoms with Crippen LogP contribution < -0.4 is 20.1 Å². The molecule has 0 heterocycles. The van der Waals surface area contributed by atoms with Crippen LogP contribution in [0.2, 0.25) is 10.0 Å². The summed E-state index contributed by atoms with van der Waals surface area (Å²) in [4.78, 5) is 25.0. The third kappa shape index (κ3) is 7.76. The van der Waals surface area contributed by atoms with E-state index in [2.05, 4.69) is 10.6 Å². The fourth-order valence-electron chi connectivity index (χ4n) is 3.79. The molecule has 2 N–H and O–H groups in total. The molecule has 0 aliphatic rings. The van der Waals surface area contributed by atoms with Gasteiger partial charge in [-0.15, -0.1) is 0 Å². The van der Waals surface area contributed by atoms with E-state index in [4.69, 9.17) is 32.7 Å². The van der Waals surface area contributed by atoms with Gasteiger partial charge in [0.25, 0.3) is 0 Å². The fraction of sp³-hybridized carbons (Fsp3) is 0.0625. The topological polar surface area (TPSA) is 76.7 Å². The van der Waals surface area contributed by atoms with Crippen LogP contribution in [0.4, 0.5) is 11.4 Å². The Labute approximate surface area is 242 Å². The summed E-state index contributed by atoms with van der Waals surface area (Å²) in [6.45, 7) is 0. The first kappa shape index (κ1) is 28.5. The van der Waals surface area contributed by atoms with Gasteiger partial charge in [-0.25, -0.2) is 0 Å². The van der Waals surface area contributed by atoms with E-state index < -0.39 is 0 Å². The number of hydrogen-bond donors (Lipinski definition) is 2. The molecule has 6 nitrogen and oxygen atoms in total. The van der Waals surface area contributed by atoms with Gasteiger partial charge in [-0.05, 0) is 82.9 Å². The molecule has 0 radical (unpaired) electrons. The number of methoxy groups -OCH3 is 2. The van der Waals surface area contributed by atoms with E-state index in [0.717, 1.165) is 22.3 Å². The lowest BCUT2D eigenvalue weighted by Gasteiger charge is -2.14. The molecule has 0 aliphatic heterocycles. The van der Waals surface area contributed by atoms with Crippen molar-refractivity contribution in [1.82, 2.24) is 0 Å². The van der Waals surface area contributed by atoms with Crippen LogP contribution in [-0.4, -0.2) is 26.0 Å². The predicted molar refractivity (Wildman–Crippen MR) is 163 cm³/mol. The zero-order chi connectivity index (χ0) is 28.5. The molecule has 0 saturated carbocycles. The molecule has 4 aromatic carbocycles. The molecule has 0 spiro atoms. The number of hydrogen-bond acceptors (Lipinski definition) is 4. The van der Waals surface area contributed by atoms with E-state index in [1.807, 2.05) is 48.5 Å². The summed E-state index contributed by atoms with van der Waals surface area (Å²) in [5.74, 6) is 0.393. The fourth-order valence-corrected chi connectivity index (χ4v) is 4.04. The average molecular weight is 573 g/mol. The Bertz CT molecular complexity index is 1440. The van der Waals surface area contributed by atoms with Crippen LogP contribution in [0.25, 0.3) is 23.3 Å². The second kappa shape index (κ2) is 13.5. The monoisotopic (exact) mass is 572 g/mol. The van der Waals surface area contributed by atoms with Crippen LogP contribution >= 0.6 is 23.2 Å². The van der Waals surface area contributed by atoms with Crippen LogP contribution in [-0.2, 0) is 9.59 Å². The Balaban J connectivity index is 1.45. The number of carbonyl (C=O) groups excluding carboxylic acids is 2. The molecule has 0 atom stereocenters. The number of carbonyl (C=O) groups is 2. The molecule has 0 unspecified atom stereocenters. The van der Waals surface area contributed by atoms with Gasteiger partial charge in [0.1, 0.15) is 11.5 Å². The Hall–Kier alpha value is -4.52. The van der Waals surface area contributed by atoms with Crippen LogP contribution in [0.15, 0.2) is 97.1 Å². The maximum absolute atomic E-state index is 12.5. The number of nitrogens with one attached hydrogen (secondary N) is 2. The van der Waals surface area contributed by atoms with Crippen LogP contribution in [0.3, 0.4) is 0 Å². The highest BCUT2D eigenvalue weighted by Gasteiger charge is 2.12. The molecule has 40 heavy (non-hydrogen) atoms. The van der Waals surface area contributed by atoms with E-state index in [-0.39, 0.29) is 11.8 Å². The standard InChI is InChI=1S/C32H26Cl2N2O4/c1-39-29-19-23(9-15-27(29)35-31(37)17-7-21-3-11-25(33)12-4-21)24-10-16-28(30(20-24)40-2)36-32(38)18-8-22-5-13-26(34)14-6-22/h3-20H,1-2H3,(H,35,37)(H,36,38). The third-order valence-corrected chi connectivity index (χ3v) is 6.35. The SMILES string of the molecule is COc1cc(-c2ccc(NC(=O)C=Cc3ccc(Cl)cc3)c(OC)c2)ccc1NC(=O)C=Cc1ccc(Cl)cc1. The van der Waals surface area contributed by atoms with Crippen molar-refractivity contribution in [3.05, 3.63) is 118 Å². The second-order valence-electron chi connectivity index (χ2n) is 8.58. The highest BCUT2D eigenvalue weighted by molar-refractivity contribution is 6.30. The van der Waals surface area contributed by atoms with Crippen molar-refractivity contribution in [2.45, 2.75) is 0 Å². The number of benzene rings is 4. The molecule has 4 rings (SSSR count). The Morgan fingerprint density at radius 2 is 0.975 bits per heavy atom. The first-order valence-electron chi connectivity index (χ1n) is 12.2. The van der Waals surface area contributed by atoms with Gasteiger partial charge in [-0.1, -0.05) is 59.6 Å². The summed E-state index contributed by atoms with van der Waals surface area (Å²) in [6, 6.07) is 25.2. The molecule has 202 valence electrons. The largest absolute Gasteiger partial charge is 0.495 e. The van der Waals surface area contributed by atoms with E-state index in [0.29, 0.717) is 32.9 Å². The molecule has 0 fully saturated rings. The molecule has 2 amide bonds. The molecular weight excluding hydrogens is 547 g/mol. The Kier molecular flexibility index (Phi) is 9.62. The molecule has 0 aliphatic carbocycles. The van der Waals surface area contributed by atoms with E-state index in [9.17, 15) is 9.59 Å². The normalized spacial score (nSPS) is 11.0. The first-order valence-corrected chi connectivity index (χ1v) is 13.0. The summed E-state index contributed by atoms with van der Waals surface area (Å²) in [6.07, 6.45) is 6.29. The second-order valence-corrected chi connectivity index (χ2v) is 9.45. The van der Waals surface area contributed by atoms with Crippen molar-refractivity contribution in [3.8, 4) is 22.6 Å². The predicted octanol–water partition coefficient (Wildman–Crippen LogP) is 7.98. The minimum atomic E-state index is -0.298. The van der Waals surface area contributed by atoms with Crippen molar-refractivity contribution >= 4 is 58.5 Å². The summed E-state index contributed by atoms with van der Waals surface area (Å²) in [5.41, 5.74) is 4.44. The number of amides is 2. The quantitative estimate of drug-likeness (QED) is 0.199. The van der Waals surface area contributed by atoms with Gasteiger partial charge in [-0.3, -0.25) is 9.59 Å². The van der Waals surface area contributed by atoms with Crippen molar-refractivity contribution in [2.24, 2.45) is 0 Å². The van der Waals surface area contributed by atoms with E-state index >= 15 is 0 Å². The van der Waals surface area contributed by atoms with Gasteiger partial charge in [-0.2, -0.15) is 0 Å². The highest BCUT2D eigenvalue weighted by atomic mass is 35.5. The number of rotatable bonds is 9. The molecule has 0 bridgehead atoms. The van der Waals surface area contributed by atoms with E-state index in [1.54, 1.807) is 48.6 Å². The maximum Gasteiger partial charge on any atom is 0.248 e. The summed E-state index contributed by atoms with van der Waals surface area (Å²) >= 11 is 11.8. The molecule has 0 saturated heterocycles. The lowest BCUT2D eigenvalue weighted by molar-refractivity contribution is -0.112. The van der Waals surface area contributed by atoms with Gasteiger partial charge in [0.15, 0.2) is 0 Å². The Morgan fingerprint density at radius 1 is 0.600 bits per heavy atom. The van der Waals surface area contributed by atoms with Gasteiger partial charge in [0.2, 0.25) is 11.8 Å². The lowest BCUT2D eigenvalue weighted by Crippen LogP contribution is -2.09. The smallest absolute Gasteiger partial charge is 0.248 e. The molecule has 4 aromatic rings. The number of anilines is 2. The number of ether oxygens (including phenoxy) is 2. The summed E-state index contributed by atoms with van der Waals surface area (Å²) in [5, 5.41) is 6.94. The minimum Gasteiger partial charge on any atom is -0.495 e. The maximum atomic E-state index is 12.5. The molecule has 8 heteroatoms.